The van der Waals surface area contributed by atoms with Crippen LogP contribution in [0.2, 0.25) is 19.6 Å². The van der Waals surface area contributed by atoms with Gasteiger partial charge in [-0.15, -0.1) is 29.0 Å². The van der Waals surface area contributed by atoms with Crippen molar-refractivity contribution in [1.29, 1.82) is 0 Å². The van der Waals surface area contributed by atoms with Crippen LogP contribution in [0.15, 0.2) is 109 Å². The third-order valence-electron chi connectivity index (χ3n) is 6.82. The number of rotatable bonds is 5. The number of ketones is 1. The zero-order chi connectivity index (χ0) is 29.9. The summed E-state index contributed by atoms with van der Waals surface area (Å²) in [4.78, 5) is 19.9. The monoisotopic (exact) mass is 778 g/mol. The molecule has 1 radical (unpaired) electrons. The molecule has 0 aliphatic carbocycles. The van der Waals surface area contributed by atoms with Gasteiger partial charge < -0.3 is 10.1 Å². The minimum absolute atomic E-state index is 0. The van der Waals surface area contributed by atoms with Gasteiger partial charge in [-0.25, -0.2) is 0 Å². The van der Waals surface area contributed by atoms with Crippen LogP contribution >= 0.6 is 11.3 Å². The molecule has 4 aromatic carbocycles. The Bertz CT molecular complexity index is 1910. The quantitative estimate of drug-likeness (QED) is 0.0821. The molecule has 0 amide bonds. The van der Waals surface area contributed by atoms with Crippen LogP contribution in [0.25, 0.3) is 53.9 Å². The second-order valence-electron chi connectivity index (χ2n) is 11.3. The van der Waals surface area contributed by atoms with E-state index in [0.717, 1.165) is 48.6 Å². The number of fused-ring (bicyclic) bond motifs is 2. The van der Waals surface area contributed by atoms with E-state index < -0.39 is 8.07 Å². The summed E-state index contributed by atoms with van der Waals surface area (Å²) in [5.74, 6) is -0.0625. The molecule has 0 bridgehead atoms. The number of benzene rings is 4. The van der Waals surface area contributed by atoms with Gasteiger partial charge in [0.15, 0.2) is 5.78 Å². The molecule has 4 nitrogen and oxygen atoms in total. The minimum atomic E-state index is -1.40. The summed E-state index contributed by atoms with van der Waals surface area (Å²) in [5.41, 5.74) is 6.36. The van der Waals surface area contributed by atoms with E-state index in [1.165, 1.54) is 30.5 Å². The number of aliphatic hydroxyl groups is 1. The molecule has 2 heterocycles. The molecule has 7 heteroatoms. The molecular weight excluding hydrogens is 745 g/mol. The van der Waals surface area contributed by atoms with Crippen molar-refractivity contribution in [1.82, 2.24) is 9.97 Å². The number of carbonyl (C=O) groups is 1. The molecule has 6 aromatic rings. The SMILES string of the molecule is CC(=O)/C=C(/C)O.C[Si](C)(C)c1ccc2c(-c3[c-]c4sc(-c5ccccc5)nc4c(-c4ccccc4)c3)nccc2c1.[Ir]. The van der Waals surface area contributed by atoms with Crippen LogP contribution in [0.1, 0.15) is 13.8 Å². The fourth-order valence-corrected chi connectivity index (χ4v) is 6.95. The van der Waals surface area contributed by atoms with Gasteiger partial charge in [0, 0.05) is 43.5 Å². The molecule has 0 aliphatic rings. The topological polar surface area (TPSA) is 63.1 Å². The molecule has 0 unspecified atom stereocenters. The van der Waals surface area contributed by atoms with Crippen molar-refractivity contribution in [3.05, 3.63) is 115 Å². The second-order valence-corrected chi connectivity index (χ2v) is 17.3. The number of carbonyl (C=O) groups excluding carboxylic acids is 1. The maximum Gasteiger partial charge on any atom is 0.155 e. The van der Waals surface area contributed by atoms with E-state index in [0.29, 0.717) is 0 Å². The van der Waals surface area contributed by atoms with Gasteiger partial charge >= 0.3 is 0 Å². The number of pyridine rings is 1. The summed E-state index contributed by atoms with van der Waals surface area (Å²) in [6, 6.07) is 35.8. The Morgan fingerprint density at radius 2 is 1.53 bits per heavy atom. The van der Waals surface area contributed by atoms with Gasteiger partial charge in [-0.05, 0) is 46.6 Å². The van der Waals surface area contributed by atoms with Crippen molar-refractivity contribution < 1.29 is 30.0 Å². The molecule has 0 spiro atoms. The number of aromatic nitrogens is 2. The third-order valence-corrected chi connectivity index (χ3v) is 9.89. The number of hydrogen-bond acceptors (Lipinski definition) is 5. The first-order chi connectivity index (χ1) is 20.1. The summed E-state index contributed by atoms with van der Waals surface area (Å²) >= 11 is 1.69. The van der Waals surface area contributed by atoms with Crippen molar-refractivity contribution >= 4 is 51.4 Å². The van der Waals surface area contributed by atoms with Crippen LogP contribution in [0.5, 0.6) is 0 Å². The van der Waals surface area contributed by atoms with Crippen molar-refractivity contribution in [2.75, 3.05) is 0 Å². The predicted molar refractivity (Wildman–Crippen MR) is 180 cm³/mol. The first kappa shape index (κ1) is 32.2. The maximum atomic E-state index is 10.0. The fraction of sp³-hybridized carbons (Fsp3) is 0.139. The van der Waals surface area contributed by atoms with Gasteiger partial charge in [0.25, 0.3) is 0 Å². The molecule has 0 atom stereocenters. The molecule has 0 aliphatic heterocycles. The van der Waals surface area contributed by atoms with Gasteiger partial charge in [0.1, 0.15) is 5.01 Å². The smallest absolute Gasteiger partial charge is 0.155 e. The molecule has 0 fully saturated rings. The predicted octanol–water partition coefficient (Wildman–Crippen LogP) is 9.23. The number of hydrogen-bond donors (Lipinski definition) is 1. The summed E-state index contributed by atoms with van der Waals surface area (Å²) < 4.78 is 1.05. The molecule has 2 aromatic heterocycles. The molecule has 219 valence electrons. The molecule has 0 saturated carbocycles. The van der Waals surface area contributed by atoms with Crippen molar-refractivity contribution in [2.24, 2.45) is 0 Å². The fourth-order valence-electron chi connectivity index (χ4n) is 4.78. The summed E-state index contributed by atoms with van der Waals surface area (Å²) in [6.45, 7) is 10.0. The maximum absolute atomic E-state index is 10.0. The van der Waals surface area contributed by atoms with E-state index in [1.54, 1.807) is 11.3 Å². The number of allylic oxidation sites excluding steroid dienone is 2. The second kappa shape index (κ2) is 13.7. The number of nitrogens with zero attached hydrogens (tertiary/aromatic N) is 2. The van der Waals surface area contributed by atoms with E-state index in [9.17, 15) is 4.79 Å². The Labute approximate surface area is 271 Å². The van der Waals surface area contributed by atoms with Gasteiger partial charge in [-0.1, -0.05) is 109 Å². The standard InChI is InChI=1S/C31H25N2SSi.C5H8O2.Ir/c1-35(2,3)25-14-15-26-23(18-25)16-17-32-29(26)24-19-27(21-10-6-4-7-11-21)30-28(20-24)34-31(33-30)22-12-8-5-9-13-22;1-4(6)3-5(2)7;/h4-19H,1-3H3;3,6H,1-2H3;/q-1;;/b;4-3-;. The number of aliphatic hydroxyl groups excluding tert-OH is 1. The van der Waals surface area contributed by atoms with Crippen LogP contribution in [0.4, 0.5) is 0 Å². The zero-order valence-corrected chi connectivity index (χ0v) is 29.0. The van der Waals surface area contributed by atoms with Gasteiger partial charge in [-0.3, -0.25) is 9.78 Å². The Kier molecular flexibility index (Phi) is 10.3. The van der Waals surface area contributed by atoms with E-state index >= 15 is 0 Å². The van der Waals surface area contributed by atoms with Crippen LogP contribution in [-0.2, 0) is 24.9 Å². The third kappa shape index (κ3) is 7.62. The minimum Gasteiger partial charge on any atom is -0.512 e. The van der Waals surface area contributed by atoms with Gasteiger partial charge in [0.05, 0.1) is 13.8 Å². The van der Waals surface area contributed by atoms with Crippen LogP contribution < -0.4 is 5.19 Å². The first-order valence-corrected chi connectivity index (χ1v) is 18.2. The van der Waals surface area contributed by atoms with Crippen molar-refractivity contribution in [3.8, 4) is 33.0 Å². The van der Waals surface area contributed by atoms with Crippen LogP contribution in [0.3, 0.4) is 0 Å². The van der Waals surface area contributed by atoms with E-state index in [2.05, 4.69) is 111 Å². The normalized spacial score (nSPS) is 11.5. The van der Waals surface area contributed by atoms with Gasteiger partial charge in [0.2, 0.25) is 0 Å². The largest absolute Gasteiger partial charge is 0.512 e. The Morgan fingerprint density at radius 1 is 0.884 bits per heavy atom. The zero-order valence-electron chi connectivity index (χ0n) is 24.8. The molecule has 1 N–H and O–H groups in total. The summed E-state index contributed by atoms with van der Waals surface area (Å²) in [5, 5.41) is 13.2. The van der Waals surface area contributed by atoms with Crippen LogP contribution in [0, 0.1) is 6.07 Å². The first-order valence-electron chi connectivity index (χ1n) is 13.9. The van der Waals surface area contributed by atoms with Crippen LogP contribution in [-0.4, -0.2) is 28.9 Å². The summed E-state index contributed by atoms with van der Waals surface area (Å²) in [7, 11) is -1.40. The molecule has 6 rings (SSSR count). The molecule has 0 saturated heterocycles. The van der Waals surface area contributed by atoms with Crippen molar-refractivity contribution in [2.45, 2.75) is 33.5 Å². The Hall–Kier alpha value is -3.74. The average Bonchev–Trinajstić information content (AvgIpc) is 3.40. The van der Waals surface area contributed by atoms with E-state index in [4.69, 9.17) is 15.1 Å². The summed E-state index contributed by atoms with van der Waals surface area (Å²) in [6.07, 6.45) is 3.09. The van der Waals surface area contributed by atoms with E-state index in [-0.39, 0.29) is 31.6 Å². The van der Waals surface area contributed by atoms with Crippen molar-refractivity contribution in [3.63, 3.8) is 0 Å². The molecular formula is C36H33IrN2O2SSi-. The number of thiazole rings is 1. The van der Waals surface area contributed by atoms with E-state index in [1.807, 2.05) is 12.3 Å². The molecule has 43 heavy (non-hydrogen) atoms. The average molecular weight is 778 g/mol. The Morgan fingerprint density at radius 3 is 2.12 bits per heavy atom. The Balaban J connectivity index is 0.000000475. The van der Waals surface area contributed by atoms with Gasteiger partial charge in [-0.2, -0.15) is 0 Å².